The Morgan fingerprint density at radius 3 is 2.33 bits per heavy atom. The minimum Gasteiger partial charge on any atom is -0.317 e. The molecule has 0 aliphatic heterocycles. The van der Waals surface area contributed by atoms with Crippen LogP contribution in [0.15, 0.2) is 30.3 Å². The van der Waals surface area contributed by atoms with Crippen LogP contribution in [0.3, 0.4) is 0 Å². The fourth-order valence-electron chi connectivity index (χ4n) is 2.56. The molecule has 1 rings (SSSR count). The molecule has 0 fully saturated rings. The molecule has 2 heteroatoms. The van der Waals surface area contributed by atoms with E-state index in [-0.39, 0.29) is 0 Å². The van der Waals surface area contributed by atoms with E-state index in [2.05, 4.69) is 61.3 Å². The summed E-state index contributed by atoms with van der Waals surface area (Å²) < 4.78 is 0. The summed E-state index contributed by atoms with van der Waals surface area (Å²) in [6.07, 6.45) is 6.59. The monoisotopic (exact) mass is 290 g/mol. The van der Waals surface area contributed by atoms with Crippen LogP contribution in [0.4, 0.5) is 0 Å². The summed E-state index contributed by atoms with van der Waals surface area (Å²) in [5, 5.41) is 3.48. The third-order valence-electron chi connectivity index (χ3n) is 3.93. The molecule has 0 unspecified atom stereocenters. The van der Waals surface area contributed by atoms with Crippen molar-refractivity contribution in [3.05, 3.63) is 35.9 Å². The SMILES string of the molecule is CCCNCCCCCCN(Cc1ccccc1)C(C)C. The highest BCUT2D eigenvalue weighted by Gasteiger charge is 2.09. The Labute approximate surface area is 131 Å². The van der Waals surface area contributed by atoms with E-state index < -0.39 is 0 Å². The summed E-state index contributed by atoms with van der Waals surface area (Å²) >= 11 is 0. The van der Waals surface area contributed by atoms with Gasteiger partial charge in [0.25, 0.3) is 0 Å². The maximum atomic E-state index is 3.48. The first-order valence-electron chi connectivity index (χ1n) is 8.72. The van der Waals surface area contributed by atoms with Gasteiger partial charge >= 0.3 is 0 Å². The van der Waals surface area contributed by atoms with Crippen molar-refractivity contribution >= 4 is 0 Å². The Morgan fingerprint density at radius 1 is 0.952 bits per heavy atom. The normalized spacial score (nSPS) is 11.5. The standard InChI is InChI=1S/C19H34N2/c1-4-14-20-15-10-5-6-11-16-21(18(2)3)17-19-12-8-7-9-13-19/h7-9,12-13,18,20H,4-6,10-11,14-17H2,1-3H3. The maximum Gasteiger partial charge on any atom is 0.0236 e. The van der Waals surface area contributed by atoms with Crippen LogP contribution >= 0.6 is 0 Å². The van der Waals surface area contributed by atoms with Gasteiger partial charge < -0.3 is 5.32 Å². The van der Waals surface area contributed by atoms with Crippen molar-refractivity contribution in [1.82, 2.24) is 10.2 Å². The van der Waals surface area contributed by atoms with Crippen molar-refractivity contribution in [3.63, 3.8) is 0 Å². The third-order valence-corrected chi connectivity index (χ3v) is 3.93. The summed E-state index contributed by atoms with van der Waals surface area (Å²) in [6, 6.07) is 11.4. The second-order valence-electron chi connectivity index (χ2n) is 6.21. The van der Waals surface area contributed by atoms with Gasteiger partial charge in [-0.25, -0.2) is 0 Å². The highest BCUT2D eigenvalue weighted by molar-refractivity contribution is 5.14. The van der Waals surface area contributed by atoms with Crippen molar-refractivity contribution in [3.8, 4) is 0 Å². The lowest BCUT2D eigenvalue weighted by atomic mass is 10.1. The van der Waals surface area contributed by atoms with Crippen molar-refractivity contribution in [1.29, 1.82) is 0 Å². The van der Waals surface area contributed by atoms with Crippen LogP contribution in [-0.4, -0.2) is 30.6 Å². The minimum absolute atomic E-state index is 0.622. The molecule has 1 aromatic carbocycles. The van der Waals surface area contributed by atoms with E-state index in [1.165, 1.54) is 50.8 Å². The lowest BCUT2D eigenvalue weighted by Crippen LogP contribution is -2.31. The molecule has 0 heterocycles. The molecule has 0 aliphatic carbocycles. The molecule has 0 radical (unpaired) electrons. The first-order chi connectivity index (χ1) is 10.2. The zero-order chi connectivity index (χ0) is 15.3. The van der Waals surface area contributed by atoms with Gasteiger partial charge in [0.05, 0.1) is 0 Å². The Kier molecular flexibility index (Phi) is 10.2. The second kappa shape index (κ2) is 11.8. The molecule has 1 N–H and O–H groups in total. The number of rotatable bonds is 12. The summed E-state index contributed by atoms with van der Waals surface area (Å²) in [4.78, 5) is 2.59. The summed E-state index contributed by atoms with van der Waals surface area (Å²) in [5.74, 6) is 0. The van der Waals surface area contributed by atoms with Gasteiger partial charge in [-0.05, 0) is 58.3 Å². The largest absolute Gasteiger partial charge is 0.317 e. The molecule has 2 nitrogen and oxygen atoms in total. The number of unbranched alkanes of at least 4 members (excludes halogenated alkanes) is 3. The predicted molar refractivity (Wildman–Crippen MR) is 93.6 cm³/mol. The number of hydrogen-bond acceptors (Lipinski definition) is 2. The van der Waals surface area contributed by atoms with E-state index in [0.29, 0.717) is 6.04 Å². The Bertz CT molecular complexity index is 335. The number of benzene rings is 1. The Balaban J connectivity index is 2.14. The average Bonchev–Trinajstić information content (AvgIpc) is 2.49. The summed E-state index contributed by atoms with van der Waals surface area (Å²) in [5.41, 5.74) is 1.43. The van der Waals surface area contributed by atoms with Crippen LogP contribution < -0.4 is 5.32 Å². The number of hydrogen-bond donors (Lipinski definition) is 1. The zero-order valence-corrected chi connectivity index (χ0v) is 14.3. The summed E-state index contributed by atoms with van der Waals surface area (Å²) in [6.45, 7) is 11.5. The fourth-order valence-corrected chi connectivity index (χ4v) is 2.56. The van der Waals surface area contributed by atoms with Crippen LogP contribution in [-0.2, 0) is 6.54 Å². The van der Waals surface area contributed by atoms with Crippen molar-refractivity contribution in [2.24, 2.45) is 0 Å². The van der Waals surface area contributed by atoms with E-state index in [4.69, 9.17) is 0 Å². The van der Waals surface area contributed by atoms with E-state index in [9.17, 15) is 0 Å². The average molecular weight is 290 g/mol. The molecular formula is C19H34N2. The molecule has 0 amide bonds. The molecule has 21 heavy (non-hydrogen) atoms. The lowest BCUT2D eigenvalue weighted by molar-refractivity contribution is 0.208. The van der Waals surface area contributed by atoms with E-state index in [1.807, 2.05) is 0 Å². The van der Waals surface area contributed by atoms with Gasteiger partial charge in [-0.2, -0.15) is 0 Å². The van der Waals surface area contributed by atoms with Crippen LogP contribution in [0.2, 0.25) is 0 Å². The highest BCUT2D eigenvalue weighted by atomic mass is 15.1. The molecule has 120 valence electrons. The molecule has 0 saturated heterocycles. The first kappa shape index (κ1) is 18.2. The molecular weight excluding hydrogens is 256 g/mol. The summed E-state index contributed by atoms with van der Waals surface area (Å²) in [7, 11) is 0. The minimum atomic E-state index is 0.622. The molecule has 0 aliphatic rings. The maximum absolute atomic E-state index is 3.48. The zero-order valence-electron chi connectivity index (χ0n) is 14.3. The molecule has 0 aromatic heterocycles. The smallest absolute Gasteiger partial charge is 0.0236 e. The van der Waals surface area contributed by atoms with Crippen LogP contribution in [0.25, 0.3) is 0 Å². The molecule has 0 bridgehead atoms. The van der Waals surface area contributed by atoms with Gasteiger partial charge in [-0.15, -0.1) is 0 Å². The van der Waals surface area contributed by atoms with Gasteiger partial charge in [0.1, 0.15) is 0 Å². The van der Waals surface area contributed by atoms with E-state index in [1.54, 1.807) is 0 Å². The Morgan fingerprint density at radius 2 is 1.67 bits per heavy atom. The molecule has 1 aromatic rings. The number of nitrogens with zero attached hydrogens (tertiary/aromatic N) is 1. The van der Waals surface area contributed by atoms with Crippen molar-refractivity contribution < 1.29 is 0 Å². The van der Waals surface area contributed by atoms with Gasteiger partial charge in [0, 0.05) is 12.6 Å². The second-order valence-corrected chi connectivity index (χ2v) is 6.21. The molecule has 0 saturated carbocycles. The van der Waals surface area contributed by atoms with Gasteiger partial charge in [-0.1, -0.05) is 50.1 Å². The van der Waals surface area contributed by atoms with Crippen LogP contribution in [0, 0.1) is 0 Å². The topological polar surface area (TPSA) is 15.3 Å². The highest BCUT2D eigenvalue weighted by Crippen LogP contribution is 2.10. The van der Waals surface area contributed by atoms with Crippen LogP contribution in [0.1, 0.15) is 58.4 Å². The van der Waals surface area contributed by atoms with E-state index >= 15 is 0 Å². The van der Waals surface area contributed by atoms with Gasteiger partial charge in [0.15, 0.2) is 0 Å². The van der Waals surface area contributed by atoms with Crippen molar-refractivity contribution in [2.75, 3.05) is 19.6 Å². The molecule has 0 spiro atoms. The quantitative estimate of drug-likeness (QED) is 0.572. The predicted octanol–water partition coefficient (Wildman–Crippen LogP) is 4.46. The van der Waals surface area contributed by atoms with Crippen molar-refractivity contribution in [2.45, 2.75) is 65.5 Å². The van der Waals surface area contributed by atoms with Gasteiger partial charge in [0.2, 0.25) is 0 Å². The Hall–Kier alpha value is -0.860. The first-order valence-corrected chi connectivity index (χ1v) is 8.72. The van der Waals surface area contributed by atoms with Gasteiger partial charge in [-0.3, -0.25) is 4.90 Å². The van der Waals surface area contributed by atoms with E-state index in [0.717, 1.165) is 13.1 Å². The molecule has 0 atom stereocenters. The lowest BCUT2D eigenvalue weighted by Gasteiger charge is -2.26. The number of nitrogens with one attached hydrogen (secondary N) is 1. The van der Waals surface area contributed by atoms with Crippen LogP contribution in [0.5, 0.6) is 0 Å². The fraction of sp³-hybridized carbons (Fsp3) is 0.684. The third kappa shape index (κ3) is 8.90.